The quantitative estimate of drug-likeness (QED) is 0.776. The summed E-state index contributed by atoms with van der Waals surface area (Å²) in [7, 11) is 0. The molecule has 0 amide bonds. The number of Topliss-reactive ketones (excluding diaryl/α,β-unsaturated/α-hetero) is 1. The monoisotopic (exact) mass is 277 g/mol. The average Bonchev–Trinajstić information content (AvgIpc) is 2.49. The third-order valence-corrected chi connectivity index (χ3v) is 4.60. The number of halogens is 1. The molecule has 3 heteroatoms. The first-order chi connectivity index (χ1) is 9.49. The Morgan fingerprint density at radius 1 is 1.30 bits per heavy atom. The van der Waals surface area contributed by atoms with Gasteiger partial charge in [0.25, 0.3) is 0 Å². The largest absolute Gasteiger partial charge is 0.292 e. The van der Waals surface area contributed by atoms with E-state index in [2.05, 4.69) is 4.90 Å². The summed E-state index contributed by atoms with van der Waals surface area (Å²) in [5.41, 5.74) is 0.571. The summed E-state index contributed by atoms with van der Waals surface area (Å²) in [6.45, 7) is 7.73. The molecule has 0 radical (unpaired) electrons. The number of benzene rings is 1. The summed E-state index contributed by atoms with van der Waals surface area (Å²) < 4.78 is 14.0. The van der Waals surface area contributed by atoms with Gasteiger partial charge in [0, 0.05) is 0 Å². The second-order valence-corrected chi connectivity index (χ2v) is 5.99. The normalized spacial score (nSPS) is 19.6. The second-order valence-electron chi connectivity index (χ2n) is 5.99. The van der Waals surface area contributed by atoms with Crippen LogP contribution in [-0.4, -0.2) is 29.3 Å². The molecule has 1 aliphatic rings. The first-order valence-electron chi connectivity index (χ1n) is 7.55. The summed E-state index contributed by atoms with van der Waals surface area (Å²) in [5, 5.41) is 0. The first-order valence-corrected chi connectivity index (χ1v) is 7.55. The highest BCUT2D eigenvalue weighted by atomic mass is 19.1. The van der Waals surface area contributed by atoms with Crippen LogP contribution in [0.3, 0.4) is 0 Å². The number of piperidine rings is 1. The topological polar surface area (TPSA) is 20.3 Å². The summed E-state index contributed by atoms with van der Waals surface area (Å²) in [6.07, 6.45) is 4.18. The molecule has 1 aromatic rings. The molecule has 0 saturated carbocycles. The van der Waals surface area contributed by atoms with Crippen LogP contribution in [0.2, 0.25) is 0 Å². The minimum Gasteiger partial charge on any atom is -0.292 e. The lowest BCUT2D eigenvalue weighted by Crippen LogP contribution is -2.54. The van der Waals surface area contributed by atoms with E-state index < -0.39 is 11.4 Å². The zero-order valence-corrected chi connectivity index (χ0v) is 12.7. The maximum absolute atomic E-state index is 14.0. The summed E-state index contributed by atoms with van der Waals surface area (Å²) in [5.74, 6) is -0.486. The van der Waals surface area contributed by atoms with Gasteiger partial charge in [-0.25, -0.2) is 4.39 Å². The fourth-order valence-electron chi connectivity index (χ4n) is 3.02. The Kier molecular flexibility index (Phi) is 4.59. The molecule has 0 aromatic heterocycles. The van der Waals surface area contributed by atoms with Gasteiger partial charge in [-0.2, -0.15) is 0 Å². The molecule has 1 aliphatic heterocycles. The maximum atomic E-state index is 14.0. The summed E-state index contributed by atoms with van der Waals surface area (Å²) in [4.78, 5) is 15.1. The molecule has 1 atom stereocenters. The molecule has 0 aliphatic carbocycles. The summed E-state index contributed by atoms with van der Waals surface area (Å²) >= 11 is 0. The number of carbonyl (C=O) groups excluding carboxylic acids is 1. The van der Waals surface area contributed by atoms with Crippen molar-refractivity contribution in [3.05, 3.63) is 35.1 Å². The number of aryl methyl sites for hydroxylation is 1. The highest BCUT2D eigenvalue weighted by Crippen LogP contribution is 2.29. The smallest absolute Gasteiger partial charge is 0.185 e. The van der Waals surface area contributed by atoms with Crippen molar-refractivity contribution in [3.63, 3.8) is 0 Å². The molecular weight excluding hydrogens is 253 g/mol. The minimum absolute atomic E-state index is 0.0805. The molecule has 0 bridgehead atoms. The van der Waals surface area contributed by atoms with Crippen LogP contribution in [0.1, 0.15) is 55.5 Å². The van der Waals surface area contributed by atoms with Gasteiger partial charge in [0.15, 0.2) is 5.78 Å². The Balaban J connectivity index is 2.34. The van der Waals surface area contributed by atoms with E-state index >= 15 is 0 Å². The molecule has 0 N–H and O–H groups in total. The van der Waals surface area contributed by atoms with Crippen LogP contribution < -0.4 is 0 Å². The fourth-order valence-corrected chi connectivity index (χ4v) is 3.02. The van der Waals surface area contributed by atoms with Gasteiger partial charge in [0.2, 0.25) is 0 Å². The van der Waals surface area contributed by atoms with E-state index in [1.165, 1.54) is 12.5 Å². The lowest BCUT2D eigenvalue weighted by Gasteiger charge is -2.42. The number of nitrogens with zero attached hydrogens (tertiary/aromatic N) is 1. The maximum Gasteiger partial charge on any atom is 0.185 e. The van der Waals surface area contributed by atoms with E-state index in [1.54, 1.807) is 12.1 Å². The van der Waals surface area contributed by atoms with Crippen molar-refractivity contribution in [2.24, 2.45) is 0 Å². The van der Waals surface area contributed by atoms with Gasteiger partial charge in [-0.3, -0.25) is 9.69 Å². The standard InChI is InChI=1S/C17H24FNO/c1-4-17(3,19-10-6-5-7-11-19)16(20)14-12-13(2)8-9-15(14)18/h8-9,12H,4-7,10-11H2,1-3H3. The fraction of sp³-hybridized carbons (Fsp3) is 0.588. The van der Waals surface area contributed by atoms with Gasteiger partial charge in [0.1, 0.15) is 5.82 Å². The lowest BCUT2D eigenvalue weighted by atomic mass is 9.85. The highest BCUT2D eigenvalue weighted by molar-refractivity contribution is 6.03. The number of carbonyl (C=O) groups is 1. The van der Waals surface area contributed by atoms with Crippen molar-refractivity contribution in [2.45, 2.75) is 52.0 Å². The number of hydrogen-bond acceptors (Lipinski definition) is 2. The predicted molar refractivity (Wildman–Crippen MR) is 79.6 cm³/mol. The minimum atomic E-state index is -0.588. The SMILES string of the molecule is CCC(C)(C(=O)c1cc(C)ccc1F)N1CCCCC1. The molecule has 20 heavy (non-hydrogen) atoms. The van der Waals surface area contributed by atoms with Crippen molar-refractivity contribution < 1.29 is 9.18 Å². The Morgan fingerprint density at radius 3 is 2.55 bits per heavy atom. The van der Waals surface area contributed by atoms with Crippen molar-refractivity contribution in [2.75, 3.05) is 13.1 Å². The Bertz CT molecular complexity index is 494. The molecule has 1 heterocycles. The number of hydrogen-bond donors (Lipinski definition) is 0. The third kappa shape index (κ3) is 2.78. The van der Waals surface area contributed by atoms with Gasteiger partial charge in [-0.05, 0) is 58.3 Å². The van der Waals surface area contributed by atoms with Crippen LogP contribution in [0.4, 0.5) is 4.39 Å². The van der Waals surface area contributed by atoms with Gasteiger partial charge < -0.3 is 0 Å². The zero-order chi connectivity index (χ0) is 14.8. The van der Waals surface area contributed by atoms with Gasteiger partial charge in [-0.1, -0.05) is 25.0 Å². The van der Waals surface area contributed by atoms with E-state index in [0.29, 0.717) is 6.42 Å². The van der Waals surface area contributed by atoms with E-state index in [-0.39, 0.29) is 11.3 Å². The molecule has 1 aromatic carbocycles. The molecule has 0 spiro atoms. The Morgan fingerprint density at radius 2 is 1.95 bits per heavy atom. The van der Waals surface area contributed by atoms with Crippen LogP contribution in [-0.2, 0) is 0 Å². The van der Waals surface area contributed by atoms with Crippen LogP contribution >= 0.6 is 0 Å². The molecule has 1 fully saturated rings. The molecule has 2 rings (SSSR count). The Labute approximate surface area is 121 Å². The molecule has 2 nitrogen and oxygen atoms in total. The third-order valence-electron chi connectivity index (χ3n) is 4.60. The van der Waals surface area contributed by atoms with E-state index in [9.17, 15) is 9.18 Å². The van der Waals surface area contributed by atoms with E-state index in [4.69, 9.17) is 0 Å². The van der Waals surface area contributed by atoms with Gasteiger partial charge in [-0.15, -0.1) is 0 Å². The molecule has 1 unspecified atom stereocenters. The van der Waals surface area contributed by atoms with Gasteiger partial charge in [0.05, 0.1) is 11.1 Å². The van der Waals surface area contributed by atoms with Gasteiger partial charge >= 0.3 is 0 Å². The second kappa shape index (κ2) is 6.04. The number of ketones is 1. The number of likely N-dealkylation sites (tertiary alicyclic amines) is 1. The zero-order valence-electron chi connectivity index (χ0n) is 12.7. The van der Waals surface area contributed by atoms with Crippen LogP contribution in [0.25, 0.3) is 0 Å². The van der Waals surface area contributed by atoms with Crippen molar-refractivity contribution >= 4 is 5.78 Å². The lowest BCUT2D eigenvalue weighted by molar-refractivity contribution is 0.0501. The first kappa shape index (κ1) is 15.2. The van der Waals surface area contributed by atoms with Crippen LogP contribution in [0, 0.1) is 12.7 Å². The van der Waals surface area contributed by atoms with Crippen molar-refractivity contribution in [1.29, 1.82) is 0 Å². The highest BCUT2D eigenvalue weighted by Gasteiger charge is 2.39. The Hall–Kier alpha value is -1.22. The van der Waals surface area contributed by atoms with Crippen LogP contribution in [0.15, 0.2) is 18.2 Å². The van der Waals surface area contributed by atoms with Crippen LogP contribution in [0.5, 0.6) is 0 Å². The average molecular weight is 277 g/mol. The van der Waals surface area contributed by atoms with E-state index in [0.717, 1.165) is 31.5 Å². The number of rotatable bonds is 4. The predicted octanol–water partition coefficient (Wildman–Crippen LogP) is 3.97. The van der Waals surface area contributed by atoms with Crippen molar-refractivity contribution in [1.82, 2.24) is 4.90 Å². The summed E-state index contributed by atoms with van der Waals surface area (Å²) in [6, 6.07) is 4.78. The van der Waals surface area contributed by atoms with E-state index in [1.807, 2.05) is 20.8 Å². The molecule has 110 valence electrons. The molecular formula is C17H24FNO. The molecule has 1 saturated heterocycles. The van der Waals surface area contributed by atoms with Crippen molar-refractivity contribution in [3.8, 4) is 0 Å².